The van der Waals surface area contributed by atoms with Crippen molar-refractivity contribution in [3.05, 3.63) is 35.3 Å². The van der Waals surface area contributed by atoms with Crippen LogP contribution in [0.5, 0.6) is 0 Å². The second kappa shape index (κ2) is 4.05. The molecule has 0 aromatic carbocycles. The van der Waals surface area contributed by atoms with Gasteiger partial charge in [-0.15, -0.1) is 0 Å². The number of carbonyl (C=O) groups excluding carboxylic acids is 2. The standard InChI is InChI=1S/C11H12O3/c1-4-5-6-9-11(13)10(7(2)12)8(3)14-9/h4-6H,1-3H3/b5-4-,9-6+. The zero-order chi connectivity index (χ0) is 10.7. The van der Waals surface area contributed by atoms with E-state index >= 15 is 0 Å². The summed E-state index contributed by atoms with van der Waals surface area (Å²) in [6, 6.07) is 0. The highest BCUT2D eigenvalue weighted by atomic mass is 16.5. The number of allylic oxidation sites excluding steroid dienone is 5. The van der Waals surface area contributed by atoms with Crippen molar-refractivity contribution in [1.29, 1.82) is 0 Å². The number of rotatable bonds is 2. The molecular weight excluding hydrogens is 180 g/mol. The highest BCUT2D eigenvalue weighted by molar-refractivity contribution is 6.26. The van der Waals surface area contributed by atoms with Crippen LogP contribution >= 0.6 is 0 Å². The van der Waals surface area contributed by atoms with Crippen molar-refractivity contribution in [2.75, 3.05) is 0 Å². The maximum atomic E-state index is 11.6. The third kappa shape index (κ3) is 1.82. The molecule has 1 aliphatic heterocycles. The van der Waals surface area contributed by atoms with E-state index in [-0.39, 0.29) is 22.9 Å². The Balaban J connectivity index is 3.00. The van der Waals surface area contributed by atoms with Gasteiger partial charge in [0.25, 0.3) is 0 Å². The molecular formula is C11H12O3. The molecule has 0 aromatic heterocycles. The van der Waals surface area contributed by atoms with E-state index in [1.54, 1.807) is 25.2 Å². The predicted octanol–water partition coefficient (Wildman–Crippen LogP) is 1.91. The minimum atomic E-state index is -0.326. The van der Waals surface area contributed by atoms with Crippen LogP contribution in [0.2, 0.25) is 0 Å². The van der Waals surface area contributed by atoms with Crippen molar-refractivity contribution in [3.8, 4) is 0 Å². The summed E-state index contributed by atoms with van der Waals surface area (Å²) < 4.78 is 5.17. The zero-order valence-corrected chi connectivity index (χ0v) is 8.46. The van der Waals surface area contributed by atoms with E-state index < -0.39 is 0 Å². The van der Waals surface area contributed by atoms with Crippen LogP contribution < -0.4 is 0 Å². The van der Waals surface area contributed by atoms with Crippen LogP contribution in [-0.2, 0) is 14.3 Å². The van der Waals surface area contributed by atoms with Gasteiger partial charge in [-0.05, 0) is 26.8 Å². The molecule has 0 saturated heterocycles. The topological polar surface area (TPSA) is 43.4 Å². The molecule has 14 heavy (non-hydrogen) atoms. The molecule has 0 saturated carbocycles. The zero-order valence-electron chi connectivity index (χ0n) is 8.46. The summed E-state index contributed by atoms with van der Waals surface area (Å²) in [6.07, 6.45) is 5.04. The quantitative estimate of drug-likeness (QED) is 0.495. The van der Waals surface area contributed by atoms with Gasteiger partial charge in [0.2, 0.25) is 5.78 Å². The minimum Gasteiger partial charge on any atom is -0.457 e. The molecule has 0 fully saturated rings. The van der Waals surface area contributed by atoms with Gasteiger partial charge in [0, 0.05) is 0 Å². The van der Waals surface area contributed by atoms with E-state index in [2.05, 4.69) is 0 Å². The summed E-state index contributed by atoms with van der Waals surface area (Å²) in [5.74, 6) is 0.0218. The van der Waals surface area contributed by atoms with Crippen molar-refractivity contribution in [1.82, 2.24) is 0 Å². The number of carbonyl (C=O) groups is 2. The van der Waals surface area contributed by atoms with Crippen LogP contribution in [-0.4, -0.2) is 11.6 Å². The Hall–Kier alpha value is -1.64. The average Bonchev–Trinajstić information content (AvgIpc) is 2.38. The summed E-state index contributed by atoms with van der Waals surface area (Å²) in [6.45, 7) is 4.81. The second-order valence-corrected chi connectivity index (χ2v) is 2.98. The largest absolute Gasteiger partial charge is 0.457 e. The van der Waals surface area contributed by atoms with Crippen molar-refractivity contribution in [3.63, 3.8) is 0 Å². The Morgan fingerprint density at radius 1 is 1.43 bits per heavy atom. The highest BCUT2D eigenvalue weighted by Crippen LogP contribution is 2.24. The molecule has 1 rings (SSSR count). The van der Waals surface area contributed by atoms with Gasteiger partial charge < -0.3 is 4.74 Å². The van der Waals surface area contributed by atoms with Gasteiger partial charge in [-0.25, -0.2) is 0 Å². The van der Waals surface area contributed by atoms with Crippen LogP contribution in [0.15, 0.2) is 35.3 Å². The SMILES string of the molecule is C/C=C\C=C1\OC(C)=C(C(C)=O)C1=O. The highest BCUT2D eigenvalue weighted by Gasteiger charge is 2.30. The molecule has 0 aromatic rings. The van der Waals surface area contributed by atoms with Gasteiger partial charge in [-0.1, -0.05) is 12.2 Å². The van der Waals surface area contributed by atoms with Crippen LogP contribution in [0.1, 0.15) is 20.8 Å². The van der Waals surface area contributed by atoms with Crippen LogP contribution in [0.3, 0.4) is 0 Å². The maximum absolute atomic E-state index is 11.6. The third-order valence-corrected chi connectivity index (χ3v) is 1.86. The lowest BCUT2D eigenvalue weighted by Crippen LogP contribution is -2.07. The fourth-order valence-electron chi connectivity index (χ4n) is 1.25. The van der Waals surface area contributed by atoms with E-state index in [0.717, 1.165) is 0 Å². The van der Waals surface area contributed by atoms with Crippen molar-refractivity contribution < 1.29 is 14.3 Å². The lowest BCUT2D eigenvalue weighted by Gasteiger charge is -1.94. The van der Waals surface area contributed by atoms with E-state index in [9.17, 15) is 9.59 Å². The van der Waals surface area contributed by atoms with E-state index in [0.29, 0.717) is 5.76 Å². The Kier molecular flexibility index (Phi) is 3.02. The second-order valence-electron chi connectivity index (χ2n) is 2.98. The first kappa shape index (κ1) is 10.4. The van der Waals surface area contributed by atoms with E-state index in [1.165, 1.54) is 6.92 Å². The smallest absolute Gasteiger partial charge is 0.235 e. The van der Waals surface area contributed by atoms with E-state index in [1.807, 2.05) is 6.92 Å². The molecule has 0 aliphatic carbocycles. The van der Waals surface area contributed by atoms with Gasteiger partial charge in [-0.3, -0.25) is 9.59 Å². The van der Waals surface area contributed by atoms with Crippen molar-refractivity contribution in [2.24, 2.45) is 0 Å². The Labute approximate surface area is 82.8 Å². The fraction of sp³-hybridized carbons (Fsp3) is 0.273. The molecule has 0 amide bonds. The monoisotopic (exact) mass is 192 g/mol. The lowest BCUT2D eigenvalue weighted by molar-refractivity contribution is -0.118. The molecule has 1 aliphatic rings. The molecule has 3 nitrogen and oxygen atoms in total. The summed E-state index contributed by atoms with van der Waals surface area (Å²) in [5, 5.41) is 0. The van der Waals surface area contributed by atoms with Crippen molar-refractivity contribution >= 4 is 11.6 Å². The van der Waals surface area contributed by atoms with Gasteiger partial charge in [0.15, 0.2) is 11.5 Å². The molecule has 1 heterocycles. The molecule has 0 atom stereocenters. The van der Waals surface area contributed by atoms with Crippen LogP contribution in [0.25, 0.3) is 0 Å². The van der Waals surface area contributed by atoms with Gasteiger partial charge in [-0.2, -0.15) is 0 Å². The first-order valence-corrected chi connectivity index (χ1v) is 4.35. The first-order valence-electron chi connectivity index (χ1n) is 4.35. The maximum Gasteiger partial charge on any atom is 0.235 e. The van der Waals surface area contributed by atoms with Crippen molar-refractivity contribution in [2.45, 2.75) is 20.8 Å². The fourth-order valence-corrected chi connectivity index (χ4v) is 1.25. The van der Waals surface area contributed by atoms with E-state index in [4.69, 9.17) is 4.74 Å². The third-order valence-electron chi connectivity index (χ3n) is 1.86. The number of Topliss-reactive ketones (excluding diaryl/α,β-unsaturated/α-hetero) is 2. The summed E-state index contributed by atoms with van der Waals surface area (Å²) in [4.78, 5) is 22.6. The number of hydrogen-bond donors (Lipinski definition) is 0. The average molecular weight is 192 g/mol. The Morgan fingerprint density at radius 2 is 2.07 bits per heavy atom. The molecule has 74 valence electrons. The molecule has 0 radical (unpaired) electrons. The predicted molar refractivity (Wildman–Crippen MR) is 52.4 cm³/mol. The summed E-state index contributed by atoms with van der Waals surface area (Å²) in [7, 11) is 0. The molecule has 3 heteroatoms. The molecule has 0 bridgehead atoms. The van der Waals surface area contributed by atoms with Gasteiger partial charge >= 0.3 is 0 Å². The first-order chi connectivity index (χ1) is 6.57. The Morgan fingerprint density at radius 3 is 2.50 bits per heavy atom. The van der Waals surface area contributed by atoms with Gasteiger partial charge in [0.05, 0.1) is 0 Å². The molecule has 0 spiro atoms. The normalized spacial score (nSPS) is 19.6. The molecule has 0 N–H and O–H groups in total. The summed E-state index contributed by atoms with van der Waals surface area (Å²) in [5.41, 5.74) is 0.153. The summed E-state index contributed by atoms with van der Waals surface area (Å²) >= 11 is 0. The number of ether oxygens (including phenoxy) is 1. The number of ketones is 2. The van der Waals surface area contributed by atoms with Crippen LogP contribution in [0, 0.1) is 0 Å². The minimum absolute atomic E-state index is 0.153. The molecule has 0 unspecified atom stereocenters. The van der Waals surface area contributed by atoms with Gasteiger partial charge in [0.1, 0.15) is 11.3 Å². The lowest BCUT2D eigenvalue weighted by atomic mass is 10.1. The number of hydrogen-bond acceptors (Lipinski definition) is 3. The van der Waals surface area contributed by atoms with Crippen LogP contribution in [0.4, 0.5) is 0 Å². The Bertz CT molecular complexity index is 370.